The van der Waals surface area contributed by atoms with E-state index in [1.165, 1.54) is 11.9 Å². The molecule has 0 heterocycles. The fourth-order valence-electron chi connectivity index (χ4n) is 2.60. The summed E-state index contributed by atoms with van der Waals surface area (Å²) in [6, 6.07) is 11.2. The lowest BCUT2D eigenvalue weighted by Crippen LogP contribution is -2.37. The molecule has 0 spiro atoms. The molecule has 7 heteroatoms. The Morgan fingerprint density at radius 1 is 0.900 bits per heavy atom. The summed E-state index contributed by atoms with van der Waals surface area (Å²) >= 11 is 0. The Kier molecular flexibility index (Phi) is 7.98. The van der Waals surface area contributed by atoms with Gasteiger partial charge in [0, 0.05) is 12.7 Å². The number of likely N-dealkylation sites (N-methyl/N-ethyl adjacent to an activating group) is 1. The normalized spacial score (nSPS) is 10.3. The standard InChI is InChI=1S/C23H28N2O5/c1-15-6-7-17(3)20(10-15)24-21(26)12-25(5)22(27)13-30-23(28)14-29-19-9-8-16(2)18(4)11-19/h6-11H,12-14H2,1-5H3,(H,24,26). The predicted octanol–water partition coefficient (Wildman–Crippen LogP) is 2.94. The van der Waals surface area contributed by atoms with Gasteiger partial charge in [-0.25, -0.2) is 4.79 Å². The molecule has 0 aromatic heterocycles. The van der Waals surface area contributed by atoms with E-state index >= 15 is 0 Å². The molecule has 0 aliphatic carbocycles. The third-order valence-corrected chi connectivity index (χ3v) is 4.67. The van der Waals surface area contributed by atoms with Crippen LogP contribution in [0.4, 0.5) is 5.69 Å². The Morgan fingerprint density at radius 3 is 2.30 bits per heavy atom. The molecule has 0 saturated heterocycles. The van der Waals surface area contributed by atoms with Crippen LogP contribution in [0.15, 0.2) is 36.4 Å². The van der Waals surface area contributed by atoms with E-state index in [0.29, 0.717) is 11.4 Å². The lowest BCUT2D eigenvalue weighted by molar-refractivity contribution is -0.153. The second kappa shape index (κ2) is 10.4. The number of anilines is 1. The molecule has 2 aromatic carbocycles. The van der Waals surface area contributed by atoms with Crippen molar-refractivity contribution in [2.45, 2.75) is 27.7 Å². The largest absolute Gasteiger partial charge is 0.482 e. The van der Waals surface area contributed by atoms with Crippen LogP contribution >= 0.6 is 0 Å². The molecule has 0 fully saturated rings. The van der Waals surface area contributed by atoms with Gasteiger partial charge in [-0.15, -0.1) is 0 Å². The van der Waals surface area contributed by atoms with Gasteiger partial charge in [-0.05, 0) is 68.1 Å². The van der Waals surface area contributed by atoms with Crippen LogP contribution < -0.4 is 10.1 Å². The van der Waals surface area contributed by atoms with E-state index in [4.69, 9.17) is 9.47 Å². The first-order valence-electron chi connectivity index (χ1n) is 9.62. The number of nitrogens with zero attached hydrogens (tertiary/aromatic N) is 1. The Morgan fingerprint density at radius 2 is 1.60 bits per heavy atom. The number of carbonyl (C=O) groups is 3. The molecule has 2 aromatic rings. The summed E-state index contributed by atoms with van der Waals surface area (Å²) in [6.07, 6.45) is 0. The molecule has 160 valence electrons. The van der Waals surface area contributed by atoms with Gasteiger partial charge < -0.3 is 19.7 Å². The van der Waals surface area contributed by atoms with Gasteiger partial charge in [-0.1, -0.05) is 18.2 Å². The zero-order valence-electron chi connectivity index (χ0n) is 18.1. The highest BCUT2D eigenvalue weighted by molar-refractivity contribution is 5.95. The quantitative estimate of drug-likeness (QED) is 0.674. The predicted molar refractivity (Wildman–Crippen MR) is 115 cm³/mol. The zero-order chi connectivity index (χ0) is 22.3. The summed E-state index contributed by atoms with van der Waals surface area (Å²) in [5.41, 5.74) is 4.84. The Balaban J connectivity index is 1.75. The maximum absolute atomic E-state index is 12.2. The lowest BCUT2D eigenvalue weighted by atomic mass is 10.1. The van der Waals surface area contributed by atoms with E-state index in [1.54, 1.807) is 6.07 Å². The first-order valence-corrected chi connectivity index (χ1v) is 9.62. The van der Waals surface area contributed by atoms with Gasteiger partial charge in [-0.2, -0.15) is 0 Å². The molecule has 2 rings (SSSR count). The number of esters is 1. The molecule has 0 atom stereocenters. The van der Waals surface area contributed by atoms with Gasteiger partial charge in [0.05, 0.1) is 6.54 Å². The van der Waals surface area contributed by atoms with E-state index < -0.39 is 18.5 Å². The number of aryl methyl sites for hydroxylation is 4. The number of nitrogens with one attached hydrogen (secondary N) is 1. The zero-order valence-corrected chi connectivity index (χ0v) is 18.1. The van der Waals surface area contributed by atoms with Gasteiger partial charge >= 0.3 is 5.97 Å². The summed E-state index contributed by atoms with van der Waals surface area (Å²) in [6.45, 7) is 6.85. The van der Waals surface area contributed by atoms with Crippen LogP contribution in [0.3, 0.4) is 0 Å². The van der Waals surface area contributed by atoms with Gasteiger partial charge in [0.2, 0.25) is 5.91 Å². The number of carbonyl (C=O) groups excluding carboxylic acids is 3. The van der Waals surface area contributed by atoms with E-state index in [-0.39, 0.29) is 19.1 Å². The van der Waals surface area contributed by atoms with Crippen molar-refractivity contribution in [1.29, 1.82) is 0 Å². The van der Waals surface area contributed by atoms with Gasteiger partial charge in [-0.3, -0.25) is 9.59 Å². The molecule has 2 amide bonds. The maximum Gasteiger partial charge on any atom is 0.344 e. The molecule has 0 radical (unpaired) electrons. The third kappa shape index (κ3) is 6.92. The van der Waals surface area contributed by atoms with E-state index in [2.05, 4.69) is 5.32 Å². The SMILES string of the molecule is Cc1ccc(C)c(NC(=O)CN(C)C(=O)COC(=O)COc2ccc(C)c(C)c2)c1. The van der Waals surface area contributed by atoms with E-state index in [9.17, 15) is 14.4 Å². The molecular weight excluding hydrogens is 384 g/mol. The minimum absolute atomic E-state index is 0.150. The molecule has 0 aliphatic rings. The average molecular weight is 412 g/mol. The van der Waals surface area contributed by atoms with E-state index in [1.807, 2.05) is 58.0 Å². The van der Waals surface area contributed by atoms with Crippen molar-refractivity contribution in [3.05, 3.63) is 58.7 Å². The monoisotopic (exact) mass is 412 g/mol. The smallest absolute Gasteiger partial charge is 0.344 e. The highest BCUT2D eigenvalue weighted by Gasteiger charge is 2.16. The Labute approximate surface area is 177 Å². The van der Waals surface area contributed by atoms with Crippen LogP contribution in [0.2, 0.25) is 0 Å². The van der Waals surface area contributed by atoms with Crippen LogP contribution in [-0.4, -0.2) is 49.5 Å². The van der Waals surface area contributed by atoms with E-state index in [0.717, 1.165) is 22.3 Å². The summed E-state index contributed by atoms with van der Waals surface area (Å²) in [7, 11) is 1.48. The topological polar surface area (TPSA) is 84.9 Å². The fraction of sp³-hybridized carbons (Fsp3) is 0.348. The Bertz CT molecular complexity index is 939. The second-order valence-electron chi connectivity index (χ2n) is 7.31. The minimum Gasteiger partial charge on any atom is -0.482 e. The van der Waals surface area contributed by atoms with Crippen molar-refractivity contribution in [3.63, 3.8) is 0 Å². The molecular formula is C23H28N2O5. The van der Waals surface area contributed by atoms with Crippen molar-refractivity contribution < 1.29 is 23.9 Å². The summed E-state index contributed by atoms with van der Waals surface area (Å²) in [5, 5.41) is 2.79. The minimum atomic E-state index is -0.658. The Hall–Kier alpha value is -3.35. The molecule has 0 unspecified atom stereocenters. The van der Waals surface area contributed by atoms with Crippen molar-refractivity contribution in [2.24, 2.45) is 0 Å². The first-order chi connectivity index (χ1) is 14.2. The van der Waals surface area contributed by atoms with Gasteiger partial charge in [0.15, 0.2) is 13.2 Å². The van der Waals surface area contributed by atoms with Crippen molar-refractivity contribution in [3.8, 4) is 5.75 Å². The number of rotatable bonds is 8. The fourth-order valence-corrected chi connectivity index (χ4v) is 2.60. The molecule has 30 heavy (non-hydrogen) atoms. The molecule has 0 saturated carbocycles. The van der Waals surface area contributed by atoms with Crippen LogP contribution in [0.25, 0.3) is 0 Å². The summed E-state index contributed by atoms with van der Waals surface area (Å²) in [5.74, 6) is -0.911. The molecule has 7 nitrogen and oxygen atoms in total. The number of hydrogen-bond donors (Lipinski definition) is 1. The lowest BCUT2D eigenvalue weighted by Gasteiger charge is -2.17. The average Bonchev–Trinajstić information content (AvgIpc) is 2.69. The van der Waals surface area contributed by atoms with Crippen molar-refractivity contribution >= 4 is 23.5 Å². The van der Waals surface area contributed by atoms with Crippen LogP contribution in [0.1, 0.15) is 22.3 Å². The van der Waals surface area contributed by atoms with Gasteiger partial charge in [0.1, 0.15) is 5.75 Å². The molecule has 0 bridgehead atoms. The van der Waals surface area contributed by atoms with Crippen molar-refractivity contribution in [1.82, 2.24) is 4.90 Å². The highest BCUT2D eigenvalue weighted by Crippen LogP contribution is 2.17. The van der Waals surface area contributed by atoms with Gasteiger partial charge in [0.25, 0.3) is 5.91 Å². The first kappa shape index (κ1) is 22.9. The third-order valence-electron chi connectivity index (χ3n) is 4.67. The number of benzene rings is 2. The number of ether oxygens (including phenoxy) is 2. The summed E-state index contributed by atoms with van der Waals surface area (Å²) < 4.78 is 10.3. The molecule has 1 N–H and O–H groups in total. The number of amides is 2. The molecule has 0 aliphatic heterocycles. The highest BCUT2D eigenvalue weighted by atomic mass is 16.6. The van der Waals surface area contributed by atoms with Crippen LogP contribution in [-0.2, 0) is 19.1 Å². The summed E-state index contributed by atoms with van der Waals surface area (Å²) in [4.78, 5) is 37.4. The maximum atomic E-state index is 12.2. The second-order valence-corrected chi connectivity index (χ2v) is 7.31. The van der Waals surface area contributed by atoms with Crippen LogP contribution in [0, 0.1) is 27.7 Å². The van der Waals surface area contributed by atoms with Crippen LogP contribution in [0.5, 0.6) is 5.75 Å². The van der Waals surface area contributed by atoms with Crippen molar-refractivity contribution in [2.75, 3.05) is 32.1 Å². The number of hydrogen-bond acceptors (Lipinski definition) is 5.